The fraction of sp³-hybridized carbons (Fsp3) is 0.568. The molecule has 0 bridgehead atoms. The van der Waals surface area contributed by atoms with Crippen molar-refractivity contribution in [3.8, 4) is 0 Å². The number of hydrogen-bond acceptors (Lipinski definition) is 5. The molecule has 5 nitrogen and oxygen atoms in total. The number of benzene rings is 3. The number of hydrazone groups is 1. The molecule has 3 aromatic rings. The first-order chi connectivity index (χ1) is 23.9. The van der Waals surface area contributed by atoms with E-state index in [4.69, 9.17) is 18.7 Å². The van der Waals surface area contributed by atoms with Crippen LogP contribution < -0.4 is 10.4 Å². The molecule has 0 saturated carbocycles. The Balaban J connectivity index is 1.93. The molecule has 0 aliphatic heterocycles. The van der Waals surface area contributed by atoms with Gasteiger partial charge in [-0.05, 0) is 64.8 Å². The van der Waals surface area contributed by atoms with Gasteiger partial charge in [0, 0.05) is 38.8 Å². The molecule has 51 heavy (non-hydrogen) atoms. The van der Waals surface area contributed by atoms with E-state index in [1.54, 1.807) is 0 Å². The molecule has 7 heteroatoms. The van der Waals surface area contributed by atoms with Crippen LogP contribution in [0.2, 0.25) is 23.2 Å². The second kappa shape index (κ2) is 19.0. The van der Waals surface area contributed by atoms with Crippen LogP contribution in [0.25, 0.3) is 0 Å². The van der Waals surface area contributed by atoms with Gasteiger partial charge in [-0.2, -0.15) is 5.10 Å². The minimum absolute atomic E-state index is 0.00352. The lowest BCUT2D eigenvalue weighted by molar-refractivity contribution is -0.0402. The summed E-state index contributed by atoms with van der Waals surface area (Å²) in [7, 11) is -0.725. The predicted octanol–water partition coefficient (Wildman–Crippen LogP) is 10.3. The van der Waals surface area contributed by atoms with Crippen molar-refractivity contribution < 1.29 is 13.6 Å². The lowest BCUT2D eigenvalue weighted by Crippen LogP contribution is -2.66. The number of ether oxygens (including phenoxy) is 1. The van der Waals surface area contributed by atoms with Crippen LogP contribution in [0.4, 0.5) is 0 Å². The summed E-state index contributed by atoms with van der Waals surface area (Å²) < 4.78 is 21.6. The summed E-state index contributed by atoms with van der Waals surface area (Å²) in [6, 6.07) is 32.6. The van der Waals surface area contributed by atoms with E-state index in [9.17, 15) is 0 Å². The van der Waals surface area contributed by atoms with E-state index in [2.05, 4.69) is 166 Å². The van der Waals surface area contributed by atoms with Gasteiger partial charge in [0.1, 0.15) is 0 Å². The van der Waals surface area contributed by atoms with Gasteiger partial charge in [-0.3, -0.25) is 0 Å². The van der Waals surface area contributed by atoms with E-state index in [1.807, 2.05) is 19.1 Å². The van der Waals surface area contributed by atoms with Crippen LogP contribution in [0.15, 0.2) is 96.1 Å². The average molecular weight is 731 g/mol. The maximum Gasteiger partial charge on any atom is 0.261 e. The van der Waals surface area contributed by atoms with Crippen molar-refractivity contribution in [2.24, 2.45) is 16.9 Å². The monoisotopic (exact) mass is 730 g/mol. The third-order valence-corrected chi connectivity index (χ3v) is 20.5. The van der Waals surface area contributed by atoms with Crippen LogP contribution in [0.5, 0.6) is 0 Å². The Morgan fingerprint density at radius 2 is 1.25 bits per heavy atom. The topological polar surface area (TPSA) is 43.3 Å². The Labute approximate surface area is 314 Å². The summed E-state index contributed by atoms with van der Waals surface area (Å²) in [4.78, 5) is 0. The molecule has 0 unspecified atom stereocenters. The molecule has 0 fully saturated rings. The van der Waals surface area contributed by atoms with Crippen LogP contribution in [0.3, 0.4) is 0 Å². The van der Waals surface area contributed by atoms with Gasteiger partial charge in [0.2, 0.25) is 0 Å². The van der Waals surface area contributed by atoms with Crippen molar-refractivity contribution in [2.75, 3.05) is 20.7 Å². The van der Waals surface area contributed by atoms with Gasteiger partial charge in [-0.25, -0.2) is 0 Å². The summed E-state index contributed by atoms with van der Waals surface area (Å²) >= 11 is 0. The van der Waals surface area contributed by atoms with Crippen molar-refractivity contribution in [1.29, 1.82) is 0 Å². The first-order valence-corrected chi connectivity index (χ1v) is 24.0. The number of nitrogens with zero attached hydrogens (tertiary/aromatic N) is 2. The minimum atomic E-state index is -2.62. The highest BCUT2D eigenvalue weighted by Crippen LogP contribution is 2.40. The molecule has 0 aromatic heterocycles. The zero-order chi connectivity index (χ0) is 37.9. The third kappa shape index (κ3) is 12.0. The largest absolute Gasteiger partial charge is 0.413 e. The third-order valence-electron chi connectivity index (χ3n) is 11.0. The average Bonchev–Trinajstić information content (AvgIpc) is 3.06. The second-order valence-electron chi connectivity index (χ2n) is 17.3. The van der Waals surface area contributed by atoms with Gasteiger partial charge in [0.15, 0.2) is 8.32 Å². The van der Waals surface area contributed by atoms with E-state index in [1.165, 1.54) is 15.9 Å². The molecular weight excluding hydrogens is 661 g/mol. The van der Waals surface area contributed by atoms with Crippen molar-refractivity contribution >= 4 is 32.7 Å². The molecule has 3 aromatic carbocycles. The zero-order valence-electron chi connectivity index (χ0n) is 34.3. The van der Waals surface area contributed by atoms with Gasteiger partial charge in [0.05, 0.1) is 18.8 Å². The lowest BCUT2D eigenvalue weighted by Gasteiger charge is -2.44. The molecule has 0 saturated heterocycles. The fourth-order valence-corrected chi connectivity index (χ4v) is 12.9. The first-order valence-electron chi connectivity index (χ1n) is 19.2. The van der Waals surface area contributed by atoms with Crippen LogP contribution in [0.1, 0.15) is 93.6 Å². The zero-order valence-corrected chi connectivity index (χ0v) is 36.3. The molecule has 0 aliphatic rings. The SMILES string of the molecule is CC[C@H](CC[C@H](OCc1ccccc1)[C@@H](C)[C@H](C/C(C)=N\N(C)C)O[Si](C)(C)C(C)(C)C)CO[Si](c1ccccc1)(c1ccccc1)C(C)(C)C. The van der Waals surface area contributed by atoms with Gasteiger partial charge < -0.3 is 18.6 Å². The van der Waals surface area contributed by atoms with E-state index < -0.39 is 16.6 Å². The summed E-state index contributed by atoms with van der Waals surface area (Å²) in [5.41, 5.74) is 2.28. The summed E-state index contributed by atoms with van der Waals surface area (Å²) in [6.07, 6.45) is 3.83. The smallest absolute Gasteiger partial charge is 0.261 e. The molecule has 4 atom stereocenters. The Morgan fingerprint density at radius 3 is 1.71 bits per heavy atom. The maximum atomic E-state index is 7.44. The maximum absolute atomic E-state index is 7.44. The van der Waals surface area contributed by atoms with Gasteiger partial charge in [-0.15, -0.1) is 0 Å². The highest BCUT2D eigenvalue weighted by Gasteiger charge is 2.50. The Morgan fingerprint density at radius 1 is 0.745 bits per heavy atom. The van der Waals surface area contributed by atoms with Crippen LogP contribution in [-0.4, -0.2) is 60.3 Å². The molecule has 3 rings (SSSR count). The van der Waals surface area contributed by atoms with Gasteiger partial charge >= 0.3 is 0 Å². The fourth-order valence-electron chi connectivity index (χ4n) is 6.89. The summed E-state index contributed by atoms with van der Waals surface area (Å²) in [6.45, 7) is 26.9. The van der Waals surface area contributed by atoms with Crippen LogP contribution in [0, 0.1) is 11.8 Å². The molecule has 0 aliphatic carbocycles. The Kier molecular flexibility index (Phi) is 15.9. The Bertz CT molecular complexity index is 1410. The van der Waals surface area contributed by atoms with Crippen molar-refractivity contribution in [3.05, 3.63) is 96.6 Å². The quantitative estimate of drug-likeness (QED) is 0.0700. The first kappa shape index (κ1) is 42.9. The highest BCUT2D eigenvalue weighted by molar-refractivity contribution is 6.99. The lowest BCUT2D eigenvalue weighted by atomic mass is 9.89. The molecule has 0 spiro atoms. The molecule has 0 heterocycles. The number of hydrogen-bond donors (Lipinski definition) is 0. The summed E-state index contributed by atoms with van der Waals surface area (Å²) in [5.74, 6) is 0.573. The second-order valence-corrected chi connectivity index (χ2v) is 26.4. The molecule has 282 valence electrons. The highest BCUT2D eigenvalue weighted by atomic mass is 28.4. The number of rotatable bonds is 19. The normalized spacial score (nSPS) is 15.7. The van der Waals surface area contributed by atoms with E-state index in [-0.39, 0.29) is 28.2 Å². The molecular formula is C44H70N2O3Si2. The standard InChI is InChI=1S/C44H70N2O3Si2/c1-14-37(34-48-51(44(7,8)9,39-26-20-16-21-27-39)40-28-22-17-23-29-40)30-31-41(47-33-38-24-18-15-19-25-38)36(3)42(32-35(2)45-46(10)11)49-50(12,13)43(4,5)6/h15-29,36-37,41-42H,14,30-34H2,1-13H3/b45-35-/t36-,37-,41+,42+/m1/s1. The summed E-state index contributed by atoms with van der Waals surface area (Å²) in [5, 5.41) is 9.38. The van der Waals surface area contributed by atoms with Crippen molar-refractivity contribution in [1.82, 2.24) is 5.01 Å². The van der Waals surface area contributed by atoms with Crippen LogP contribution >= 0.6 is 0 Å². The van der Waals surface area contributed by atoms with E-state index in [0.717, 1.165) is 38.0 Å². The van der Waals surface area contributed by atoms with Crippen molar-refractivity contribution in [3.63, 3.8) is 0 Å². The Hall–Kier alpha value is -2.56. The van der Waals surface area contributed by atoms with Gasteiger partial charge in [0.25, 0.3) is 8.32 Å². The van der Waals surface area contributed by atoms with Crippen LogP contribution in [-0.2, 0) is 20.2 Å². The minimum Gasteiger partial charge on any atom is -0.413 e. The van der Waals surface area contributed by atoms with E-state index >= 15 is 0 Å². The van der Waals surface area contributed by atoms with Crippen molar-refractivity contribution in [2.45, 2.75) is 130 Å². The van der Waals surface area contributed by atoms with E-state index in [0.29, 0.717) is 12.5 Å². The van der Waals surface area contributed by atoms with Gasteiger partial charge in [-0.1, -0.05) is 153 Å². The molecule has 0 radical (unpaired) electrons. The predicted molar refractivity (Wildman–Crippen MR) is 224 cm³/mol. The molecule has 0 N–H and O–H groups in total. The molecule has 0 amide bonds.